The van der Waals surface area contributed by atoms with E-state index in [4.69, 9.17) is 23.2 Å². The predicted octanol–water partition coefficient (Wildman–Crippen LogP) is 4.27. The van der Waals surface area contributed by atoms with E-state index in [2.05, 4.69) is 31.2 Å². The molecule has 90 valence electrons. The van der Waals surface area contributed by atoms with Crippen molar-refractivity contribution in [2.24, 2.45) is 0 Å². The highest BCUT2D eigenvalue weighted by Crippen LogP contribution is 2.25. The van der Waals surface area contributed by atoms with E-state index in [-0.39, 0.29) is 0 Å². The second kappa shape index (κ2) is 6.63. The number of thioether (sulfide) groups is 1. The van der Waals surface area contributed by atoms with Crippen LogP contribution in [0.3, 0.4) is 0 Å². The first kappa shape index (κ1) is 14.0. The fraction of sp³-hybridized carbons (Fsp3) is 0.500. The first-order chi connectivity index (χ1) is 7.60. The molecule has 0 spiro atoms. The van der Waals surface area contributed by atoms with Gasteiger partial charge < -0.3 is 4.90 Å². The molecular weight excluding hydrogens is 261 g/mol. The van der Waals surface area contributed by atoms with Crippen molar-refractivity contribution in [3.05, 3.63) is 28.8 Å². The van der Waals surface area contributed by atoms with Gasteiger partial charge in [-0.3, -0.25) is 0 Å². The number of nitrogens with zero attached hydrogens (tertiary/aromatic N) is 1. The van der Waals surface area contributed by atoms with E-state index in [9.17, 15) is 0 Å². The Morgan fingerprint density at radius 2 is 2.12 bits per heavy atom. The van der Waals surface area contributed by atoms with Crippen LogP contribution in [0.25, 0.3) is 0 Å². The van der Waals surface area contributed by atoms with Gasteiger partial charge in [0.05, 0.1) is 0 Å². The Morgan fingerprint density at radius 1 is 1.44 bits per heavy atom. The average molecular weight is 278 g/mol. The standard InChI is InChI=1S/C12H17Cl2NS/c1-9(8-16-3)15(2)11-5-4-10(7-13)12(14)6-11/h4-6,9H,7-8H2,1-3H3. The smallest absolute Gasteiger partial charge is 0.0488 e. The zero-order chi connectivity index (χ0) is 12.1. The molecule has 1 rings (SSSR count). The van der Waals surface area contributed by atoms with Crippen molar-refractivity contribution in [1.82, 2.24) is 0 Å². The number of anilines is 1. The van der Waals surface area contributed by atoms with Crippen molar-refractivity contribution < 1.29 is 0 Å². The summed E-state index contributed by atoms with van der Waals surface area (Å²) in [4.78, 5) is 2.24. The van der Waals surface area contributed by atoms with Crippen molar-refractivity contribution in [3.8, 4) is 0 Å². The first-order valence-corrected chi connectivity index (χ1v) is 7.47. The van der Waals surface area contributed by atoms with Gasteiger partial charge >= 0.3 is 0 Å². The quantitative estimate of drug-likeness (QED) is 0.740. The second-order valence-electron chi connectivity index (χ2n) is 3.82. The molecule has 0 amide bonds. The first-order valence-electron chi connectivity index (χ1n) is 5.16. The normalized spacial score (nSPS) is 12.6. The SMILES string of the molecule is CSCC(C)N(C)c1ccc(CCl)c(Cl)c1. The molecule has 0 saturated carbocycles. The maximum Gasteiger partial charge on any atom is 0.0488 e. The van der Waals surface area contributed by atoms with Gasteiger partial charge in [-0.2, -0.15) is 11.8 Å². The largest absolute Gasteiger partial charge is 0.371 e. The number of alkyl halides is 1. The Hall–Kier alpha value is -0.0500. The van der Waals surface area contributed by atoms with Crippen LogP contribution in [-0.2, 0) is 5.88 Å². The molecule has 1 aromatic rings. The molecule has 1 aromatic carbocycles. The van der Waals surface area contributed by atoms with Crippen LogP contribution in [0.5, 0.6) is 0 Å². The molecule has 0 aliphatic carbocycles. The minimum atomic E-state index is 0.462. The lowest BCUT2D eigenvalue weighted by Crippen LogP contribution is -2.30. The zero-order valence-electron chi connectivity index (χ0n) is 9.84. The number of benzene rings is 1. The second-order valence-corrected chi connectivity index (χ2v) is 5.41. The van der Waals surface area contributed by atoms with Crippen molar-refractivity contribution in [1.29, 1.82) is 0 Å². The molecule has 0 saturated heterocycles. The fourth-order valence-electron chi connectivity index (χ4n) is 1.47. The van der Waals surface area contributed by atoms with E-state index in [0.29, 0.717) is 11.9 Å². The van der Waals surface area contributed by atoms with E-state index >= 15 is 0 Å². The van der Waals surface area contributed by atoms with Crippen LogP contribution in [0.4, 0.5) is 5.69 Å². The molecule has 0 aliphatic rings. The molecular formula is C12H17Cl2NS. The van der Waals surface area contributed by atoms with Crippen molar-refractivity contribution in [2.75, 3.05) is 24.0 Å². The minimum absolute atomic E-state index is 0.462. The molecule has 0 heterocycles. The maximum absolute atomic E-state index is 6.14. The Morgan fingerprint density at radius 3 is 2.62 bits per heavy atom. The number of halogens is 2. The molecule has 0 aliphatic heterocycles. The summed E-state index contributed by atoms with van der Waals surface area (Å²) in [7, 11) is 2.09. The third kappa shape index (κ3) is 3.47. The lowest BCUT2D eigenvalue weighted by molar-refractivity contribution is 0.765. The molecule has 1 nitrogen and oxygen atoms in total. The van der Waals surface area contributed by atoms with Gasteiger partial charge in [0.25, 0.3) is 0 Å². The van der Waals surface area contributed by atoms with Crippen LogP contribution in [-0.4, -0.2) is 25.1 Å². The third-order valence-electron chi connectivity index (χ3n) is 2.66. The van der Waals surface area contributed by atoms with Crippen molar-refractivity contribution >= 4 is 40.7 Å². The molecule has 0 fully saturated rings. The number of hydrogen-bond donors (Lipinski definition) is 0. The Balaban J connectivity index is 2.84. The zero-order valence-corrected chi connectivity index (χ0v) is 12.2. The minimum Gasteiger partial charge on any atom is -0.371 e. The topological polar surface area (TPSA) is 3.24 Å². The highest BCUT2D eigenvalue weighted by Gasteiger charge is 2.10. The van der Waals surface area contributed by atoms with Gasteiger partial charge in [-0.25, -0.2) is 0 Å². The predicted molar refractivity (Wildman–Crippen MR) is 77.3 cm³/mol. The summed E-state index contributed by atoms with van der Waals surface area (Å²) in [6, 6.07) is 6.54. The van der Waals surface area contributed by atoms with E-state index in [1.165, 1.54) is 0 Å². The van der Waals surface area contributed by atoms with Gasteiger partial charge in [-0.15, -0.1) is 11.6 Å². The summed E-state index contributed by atoms with van der Waals surface area (Å²) in [6.07, 6.45) is 2.12. The summed E-state index contributed by atoms with van der Waals surface area (Å²) < 4.78 is 0. The van der Waals surface area contributed by atoms with Crippen LogP contribution >= 0.6 is 35.0 Å². The van der Waals surface area contributed by atoms with Gasteiger partial charge in [0.2, 0.25) is 0 Å². The van der Waals surface area contributed by atoms with Gasteiger partial charge in [-0.05, 0) is 30.9 Å². The summed E-state index contributed by atoms with van der Waals surface area (Å²) in [5, 5.41) is 0.746. The van der Waals surface area contributed by atoms with Crippen LogP contribution < -0.4 is 4.90 Å². The lowest BCUT2D eigenvalue weighted by atomic mass is 10.2. The van der Waals surface area contributed by atoms with Crippen LogP contribution in [0.1, 0.15) is 12.5 Å². The molecule has 0 N–H and O–H groups in total. The van der Waals surface area contributed by atoms with E-state index in [0.717, 1.165) is 22.0 Å². The number of rotatable bonds is 5. The Labute approximate surface area is 112 Å². The lowest BCUT2D eigenvalue weighted by Gasteiger charge is -2.27. The van der Waals surface area contributed by atoms with Crippen LogP contribution in [0, 0.1) is 0 Å². The summed E-state index contributed by atoms with van der Waals surface area (Å²) >= 11 is 13.8. The van der Waals surface area contributed by atoms with E-state index in [1.54, 1.807) is 0 Å². The average Bonchev–Trinajstić information content (AvgIpc) is 2.28. The summed E-state index contributed by atoms with van der Waals surface area (Å²) in [5.74, 6) is 1.56. The van der Waals surface area contributed by atoms with Crippen LogP contribution in [0.2, 0.25) is 5.02 Å². The van der Waals surface area contributed by atoms with Gasteiger partial charge in [-0.1, -0.05) is 17.7 Å². The Bertz CT molecular complexity index is 344. The highest BCUT2D eigenvalue weighted by atomic mass is 35.5. The third-order valence-corrected chi connectivity index (χ3v) is 4.11. The van der Waals surface area contributed by atoms with Crippen molar-refractivity contribution in [2.45, 2.75) is 18.8 Å². The summed E-state index contributed by atoms with van der Waals surface area (Å²) in [5.41, 5.74) is 2.12. The summed E-state index contributed by atoms with van der Waals surface area (Å²) in [6.45, 7) is 2.21. The van der Waals surface area contributed by atoms with Crippen LogP contribution in [0.15, 0.2) is 18.2 Å². The van der Waals surface area contributed by atoms with E-state index < -0.39 is 0 Å². The number of hydrogen-bond acceptors (Lipinski definition) is 2. The molecule has 0 radical (unpaired) electrons. The fourth-order valence-corrected chi connectivity index (χ4v) is 2.72. The molecule has 4 heteroatoms. The molecule has 1 atom stereocenters. The highest BCUT2D eigenvalue weighted by molar-refractivity contribution is 7.98. The maximum atomic E-state index is 6.14. The monoisotopic (exact) mass is 277 g/mol. The molecule has 0 aromatic heterocycles. The molecule has 0 bridgehead atoms. The molecule has 16 heavy (non-hydrogen) atoms. The van der Waals surface area contributed by atoms with Gasteiger partial charge in [0.1, 0.15) is 0 Å². The van der Waals surface area contributed by atoms with Crippen molar-refractivity contribution in [3.63, 3.8) is 0 Å². The molecule has 1 unspecified atom stereocenters. The van der Waals surface area contributed by atoms with Gasteiger partial charge in [0, 0.05) is 35.4 Å². The van der Waals surface area contributed by atoms with E-state index in [1.807, 2.05) is 23.9 Å². The van der Waals surface area contributed by atoms with Gasteiger partial charge in [0.15, 0.2) is 0 Å². The Kier molecular flexibility index (Phi) is 5.81.